The van der Waals surface area contributed by atoms with E-state index in [1.54, 1.807) is 29.5 Å². The van der Waals surface area contributed by atoms with Gasteiger partial charge in [0.1, 0.15) is 5.82 Å². The number of imidazole rings is 1. The first-order valence-electron chi connectivity index (χ1n) is 8.23. The van der Waals surface area contributed by atoms with Gasteiger partial charge in [-0.05, 0) is 17.9 Å². The van der Waals surface area contributed by atoms with Crippen LogP contribution in [0.2, 0.25) is 0 Å². The molecule has 0 bridgehead atoms. The Bertz CT molecular complexity index is 754. The Morgan fingerprint density at radius 2 is 2.33 bits per heavy atom. The Kier molecular flexibility index (Phi) is 3.88. The minimum absolute atomic E-state index is 0.0142. The van der Waals surface area contributed by atoms with E-state index in [1.807, 2.05) is 23.7 Å². The molecule has 2 aliphatic heterocycles. The molecule has 3 atom stereocenters. The van der Waals surface area contributed by atoms with Crippen molar-refractivity contribution in [3.05, 3.63) is 40.6 Å². The van der Waals surface area contributed by atoms with E-state index in [1.165, 1.54) is 0 Å². The molecule has 7 heteroatoms. The number of hydrogen-bond donors (Lipinski definition) is 1. The van der Waals surface area contributed by atoms with Gasteiger partial charge in [0.25, 0.3) is 0 Å². The van der Waals surface area contributed by atoms with E-state index in [4.69, 9.17) is 0 Å². The third-order valence-electron chi connectivity index (χ3n) is 5.04. The smallest absolute Gasteiger partial charge is 0.226 e. The standard InChI is InChI=1S/C17H20N4O2S/c1-20-15(22)9-12(16(20)13-3-2-8-24-13)17(23)19-11-4-5-14-18-6-7-21(14)10-11/h2-3,6-8,11-12,16H,4-5,9-10H2,1H3,(H,19,23)/t11-,12+,16+/m1/s1. The molecule has 4 rings (SSSR count). The van der Waals surface area contributed by atoms with Crippen LogP contribution in [-0.4, -0.2) is 39.4 Å². The lowest BCUT2D eigenvalue weighted by Gasteiger charge is -2.28. The Morgan fingerprint density at radius 1 is 1.46 bits per heavy atom. The van der Waals surface area contributed by atoms with Gasteiger partial charge in [-0.15, -0.1) is 11.3 Å². The number of likely N-dealkylation sites (tertiary alicyclic amines) is 1. The van der Waals surface area contributed by atoms with Crippen molar-refractivity contribution in [2.24, 2.45) is 5.92 Å². The Morgan fingerprint density at radius 3 is 3.12 bits per heavy atom. The molecule has 0 radical (unpaired) electrons. The lowest BCUT2D eigenvalue weighted by atomic mass is 9.96. The largest absolute Gasteiger partial charge is 0.351 e. The SMILES string of the molecule is CN1C(=O)C[C@H](C(=O)N[C@@H]2CCc3nccn3C2)[C@H]1c1cccs1. The molecule has 0 aliphatic carbocycles. The quantitative estimate of drug-likeness (QED) is 0.920. The zero-order valence-corrected chi connectivity index (χ0v) is 14.3. The molecular formula is C17H20N4O2S. The second kappa shape index (κ2) is 6.05. The van der Waals surface area contributed by atoms with Gasteiger partial charge in [0.2, 0.25) is 11.8 Å². The highest BCUT2D eigenvalue weighted by Gasteiger charge is 2.43. The number of carbonyl (C=O) groups is 2. The number of aryl methyl sites for hydroxylation is 1. The Labute approximate surface area is 144 Å². The number of rotatable bonds is 3. The number of carbonyl (C=O) groups excluding carboxylic acids is 2. The average molecular weight is 344 g/mol. The van der Waals surface area contributed by atoms with E-state index >= 15 is 0 Å². The number of hydrogen-bond acceptors (Lipinski definition) is 4. The maximum absolute atomic E-state index is 12.9. The molecule has 6 nitrogen and oxygen atoms in total. The maximum atomic E-state index is 12.9. The van der Waals surface area contributed by atoms with Crippen molar-refractivity contribution in [1.29, 1.82) is 0 Å². The zero-order chi connectivity index (χ0) is 16.7. The molecule has 4 heterocycles. The summed E-state index contributed by atoms with van der Waals surface area (Å²) in [7, 11) is 1.79. The van der Waals surface area contributed by atoms with E-state index in [2.05, 4.69) is 14.9 Å². The molecule has 1 N–H and O–H groups in total. The summed E-state index contributed by atoms with van der Waals surface area (Å²) in [6, 6.07) is 3.92. The molecule has 1 fully saturated rings. The maximum Gasteiger partial charge on any atom is 0.226 e. The summed E-state index contributed by atoms with van der Waals surface area (Å²) in [5, 5.41) is 5.15. The highest BCUT2D eigenvalue weighted by atomic mass is 32.1. The van der Waals surface area contributed by atoms with Crippen LogP contribution >= 0.6 is 11.3 Å². The second-order valence-corrected chi connectivity index (χ2v) is 7.49. The van der Waals surface area contributed by atoms with Crippen molar-refractivity contribution in [2.75, 3.05) is 7.05 Å². The van der Waals surface area contributed by atoms with Crippen molar-refractivity contribution >= 4 is 23.2 Å². The highest BCUT2D eigenvalue weighted by molar-refractivity contribution is 7.10. The highest BCUT2D eigenvalue weighted by Crippen LogP contribution is 2.39. The Balaban J connectivity index is 1.48. The fourth-order valence-electron chi connectivity index (χ4n) is 3.75. The van der Waals surface area contributed by atoms with Crippen molar-refractivity contribution in [1.82, 2.24) is 19.8 Å². The number of fused-ring (bicyclic) bond motifs is 1. The van der Waals surface area contributed by atoms with Gasteiger partial charge in [0, 0.05) is 49.7 Å². The molecule has 0 saturated carbocycles. The van der Waals surface area contributed by atoms with Crippen LogP contribution in [0.1, 0.15) is 29.6 Å². The summed E-state index contributed by atoms with van der Waals surface area (Å²) in [5.41, 5.74) is 0. The Hall–Kier alpha value is -2.15. The van der Waals surface area contributed by atoms with Gasteiger partial charge in [-0.2, -0.15) is 0 Å². The summed E-state index contributed by atoms with van der Waals surface area (Å²) in [5.74, 6) is 0.784. The molecule has 2 aromatic rings. The first-order chi connectivity index (χ1) is 11.6. The molecule has 0 unspecified atom stereocenters. The van der Waals surface area contributed by atoms with E-state index < -0.39 is 0 Å². The van der Waals surface area contributed by atoms with E-state index in [0.29, 0.717) is 0 Å². The average Bonchev–Trinajstić information content (AvgIpc) is 3.28. The molecule has 2 aliphatic rings. The van der Waals surface area contributed by atoms with Crippen molar-refractivity contribution in [3.63, 3.8) is 0 Å². The first kappa shape index (κ1) is 15.4. The van der Waals surface area contributed by atoms with Crippen LogP contribution in [0.25, 0.3) is 0 Å². The first-order valence-corrected chi connectivity index (χ1v) is 9.11. The molecule has 2 aromatic heterocycles. The van der Waals surface area contributed by atoms with Crippen molar-refractivity contribution < 1.29 is 9.59 Å². The molecular weight excluding hydrogens is 324 g/mol. The molecule has 0 aromatic carbocycles. The second-order valence-electron chi connectivity index (χ2n) is 6.52. The predicted octanol–water partition coefficient (Wildman–Crippen LogP) is 1.60. The third kappa shape index (κ3) is 2.62. The summed E-state index contributed by atoms with van der Waals surface area (Å²) < 4.78 is 2.09. The molecule has 1 saturated heterocycles. The summed E-state index contributed by atoms with van der Waals surface area (Å²) in [4.78, 5) is 32.1. The molecule has 24 heavy (non-hydrogen) atoms. The number of amides is 2. The van der Waals surface area contributed by atoms with Crippen LogP contribution in [0.3, 0.4) is 0 Å². The number of nitrogens with zero attached hydrogens (tertiary/aromatic N) is 3. The number of nitrogens with one attached hydrogen (secondary N) is 1. The van der Waals surface area contributed by atoms with Crippen LogP contribution in [0.5, 0.6) is 0 Å². The van der Waals surface area contributed by atoms with Crippen LogP contribution in [0.15, 0.2) is 29.9 Å². The van der Waals surface area contributed by atoms with Gasteiger partial charge < -0.3 is 14.8 Å². The van der Waals surface area contributed by atoms with Gasteiger partial charge in [0.15, 0.2) is 0 Å². The van der Waals surface area contributed by atoms with Crippen molar-refractivity contribution in [2.45, 2.75) is 37.9 Å². The van der Waals surface area contributed by atoms with Gasteiger partial charge in [-0.25, -0.2) is 4.98 Å². The number of aromatic nitrogens is 2. The van der Waals surface area contributed by atoms with Gasteiger partial charge in [0.05, 0.1) is 12.0 Å². The van der Waals surface area contributed by atoms with Gasteiger partial charge in [-0.1, -0.05) is 6.07 Å². The van der Waals surface area contributed by atoms with E-state index in [-0.39, 0.29) is 36.2 Å². The lowest BCUT2D eigenvalue weighted by molar-refractivity contribution is -0.128. The summed E-state index contributed by atoms with van der Waals surface area (Å²) in [6.07, 6.45) is 5.80. The predicted molar refractivity (Wildman–Crippen MR) is 90.4 cm³/mol. The fourth-order valence-corrected chi connectivity index (χ4v) is 4.68. The van der Waals surface area contributed by atoms with Crippen LogP contribution in [-0.2, 0) is 22.6 Å². The summed E-state index contributed by atoms with van der Waals surface area (Å²) in [6.45, 7) is 0.751. The normalized spacial score (nSPS) is 26.5. The number of thiophene rings is 1. The van der Waals surface area contributed by atoms with Gasteiger partial charge >= 0.3 is 0 Å². The topological polar surface area (TPSA) is 67.2 Å². The molecule has 0 spiro atoms. The summed E-state index contributed by atoms with van der Waals surface area (Å²) >= 11 is 1.60. The molecule has 126 valence electrons. The monoisotopic (exact) mass is 344 g/mol. The van der Waals surface area contributed by atoms with Crippen molar-refractivity contribution in [3.8, 4) is 0 Å². The minimum atomic E-state index is -0.315. The van der Waals surface area contributed by atoms with Crippen LogP contribution in [0, 0.1) is 5.92 Å². The van der Waals surface area contributed by atoms with Gasteiger partial charge in [-0.3, -0.25) is 9.59 Å². The zero-order valence-electron chi connectivity index (χ0n) is 13.5. The van der Waals surface area contributed by atoms with E-state index in [0.717, 1.165) is 30.1 Å². The lowest BCUT2D eigenvalue weighted by Crippen LogP contribution is -2.44. The third-order valence-corrected chi connectivity index (χ3v) is 5.98. The van der Waals surface area contributed by atoms with Crippen LogP contribution < -0.4 is 5.32 Å². The van der Waals surface area contributed by atoms with E-state index in [9.17, 15) is 9.59 Å². The minimum Gasteiger partial charge on any atom is -0.351 e. The van der Waals surface area contributed by atoms with Crippen LogP contribution in [0.4, 0.5) is 0 Å². The molecule has 2 amide bonds. The fraction of sp³-hybridized carbons (Fsp3) is 0.471.